The number of carbonyl (C=O) groups excluding carboxylic acids is 3. The molecule has 3 amide bonds. The Kier molecular flexibility index (Phi) is 8.66. The van der Waals surface area contributed by atoms with Crippen molar-refractivity contribution < 1.29 is 14.4 Å². The molecule has 1 aliphatic rings. The Morgan fingerprint density at radius 1 is 1.06 bits per heavy atom. The smallest absolute Gasteiger partial charge is 0.251 e. The van der Waals surface area contributed by atoms with Gasteiger partial charge in [-0.2, -0.15) is 0 Å². The van der Waals surface area contributed by atoms with Crippen molar-refractivity contribution in [2.45, 2.75) is 79.3 Å². The zero-order valence-corrected chi connectivity index (χ0v) is 20.0. The fourth-order valence-corrected chi connectivity index (χ4v) is 3.81. The molecule has 6 nitrogen and oxygen atoms in total. The van der Waals surface area contributed by atoms with Crippen LogP contribution in [-0.2, 0) is 9.59 Å². The molecule has 2 atom stereocenters. The first kappa shape index (κ1) is 24.9. The van der Waals surface area contributed by atoms with Gasteiger partial charge in [0.2, 0.25) is 11.8 Å². The maximum atomic E-state index is 13.0. The first-order valence-electron chi connectivity index (χ1n) is 11.5. The number of carbonyl (C=O) groups is 3. The van der Waals surface area contributed by atoms with Crippen LogP contribution in [0.4, 0.5) is 0 Å². The van der Waals surface area contributed by atoms with Crippen LogP contribution in [0.25, 0.3) is 0 Å². The summed E-state index contributed by atoms with van der Waals surface area (Å²) in [6.07, 6.45) is 2.73. The van der Waals surface area contributed by atoms with Crippen LogP contribution in [0.5, 0.6) is 0 Å². The molecule has 0 bridgehead atoms. The minimum absolute atomic E-state index is 0.00265. The zero-order valence-electron chi connectivity index (χ0n) is 20.0. The molecule has 0 spiro atoms. The van der Waals surface area contributed by atoms with Gasteiger partial charge in [-0.05, 0) is 56.6 Å². The average molecular weight is 430 g/mol. The molecule has 0 aromatic heterocycles. The first-order chi connectivity index (χ1) is 14.5. The van der Waals surface area contributed by atoms with Crippen molar-refractivity contribution in [1.29, 1.82) is 0 Å². The molecule has 31 heavy (non-hydrogen) atoms. The van der Waals surface area contributed by atoms with Crippen molar-refractivity contribution in [3.63, 3.8) is 0 Å². The number of hydrogen-bond donors (Lipinski definition) is 2. The van der Waals surface area contributed by atoms with Crippen LogP contribution in [0.3, 0.4) is 0 Å². The highest BCUT2D eigenvalue weighted by atomic mass is 16.2. The second-order valence-electron chi connectivity index (χ2n) is 10.1. The van der Waals surface area contributed by atoms with E-state index >= 15 is 0 Å². The molecule has 0 radical (unpaired) electrons. The Labute approximate surface area is 187 Å². The Balaban J connectivity index is 2.08. The van der Waals surface area contributed by atoms with Gasteiger partial charge in [0, 0.05) is 31.1 Å². The standard InChI is InChI=1S/C25H39N3O3/c1-7-18(3)26-24(31)22(27-23(30)20-10-8-17(2)9-11-20)19-12-14-28(15-13-19)21(29)16-25(4,5)6/h8-11,18-19,22H,7,12-16H2,1-6H3,(H,26,31)(H,27,30). The number of aryl methyl sites for hydroxylation is 1. The summed E-state index contributed by atoms with van der Waals surface area (Å²) < 4.78 is 0. The molecular formula is C25H39N3O3. The number of hydrogen-bond acceptors (Lipinski definition) is 3. The molecule has 1 aliphatic heterocycles. The van der Waals surface area contributed by atoms with Crippen LogP contribution in [0.2, 0.25) is 0 Å². The van der Waals surface area contributed by atoms with E-state index in [2.05, 4.69) is 31.4 Å². The van der Waals surface area contributed by atoms with Crippen LogP contribution in [-0.4, -0.2) is 47.8 Å². The number of benzene rings is 1. The van der Waals surface area contributed by atoms with E-state index in [4.69, 9.17) is 0 Å². The predicted molar refractivity (Wildman–Crippen MR) is 124 cm³/mol. The molecule has 1 heterocycles. The molecule has 0 aliphatic carbocycles. The van der Waals surface area contributed by atoms with Gasteiger partial charge in [0.05, 0.1) is 0 Å². The maximum absolute atomic E-state index is 13.0. The second-order valence-corrected chi connectivity index (χ2v) is 10.1. The van der Waals surface area contributed by atoms with E-state index in [1.807, 2.05) is 37.8 Å². The molecule has 1 saturated heterocycles. The predicted octanol–water partition coefficient (Wildman–Crippen LogP) is 3.68. The van der Waals surface area contributed by atoms with Crippen LogP contribution in [0.1, 0.15) is 76.2 Å². The number of piperidine rings is 1. The summed E-state index contributed by atoms with van der Waals surface area (Å²) in [5.74, 6) is -0.225. The largest absolute Gasteiger partial charge is 0.352 e. The van der Waals surface area contributed by atoms with Crippen molar-refractivity contribution in [3.05, 3.63) is 35.4 Å². The highest BCUT2D eigenvalue weighted by molar-refractivity contribution is 5.97. The summed E-state index contributed by atoms with van der Waals surface area (Å²) in [5.41, 5.74) is 1.58. The van der Waals surface area contributed by atoms with Crippen molar-refractivity contribution in [1.82, 2.24) is 15.5 Å². The third kappa shape index (κ3) is 7.67. The minimum atomic E-state index is -0.609. The summed E-state index contributed by atoms with van der Waals surface area (Å²) in [4.78, 5) is 40.3. The topological polar surface area (TPSA) is 78.5 Å². The SMILES string of the molecule is CCC(C)NC(=O)C(NC(=O)c1ccc(C)cc1)C1CCN(C(=O)CC(C)(C)C)CC1. The lowest BCUT2D eigenvalue weighted by Crippen LogP contribution is -2.55. The summed E-state index contributed by atoms with van der Waals surface area (Å²) >= 11 is 0. The van der Waals surface area contributed by atoms with Gasteiger partial charge in [-0.3, -0.25) is 14.4 Å². The van der Waals surface area contributed by atoms with Crippen LogP contribution < -0.4 is 10.6 Å². The fraction of sp³-hybridized carbons (Fsp3) is 0.640. The van der Waals surface area contributed by atoms with E-state index in [-0.39, 0.29) is 35.1 Å². The van der Waals surface area contributed by atoms with E-state index in [1.54, 1.807) is 12.1 Å². The van der Waals surface area contributed by atoms with Gasteiger partial charge in [-0.1, -0.05) is 45.4 Å². The van der Waals surface area contributed by atoms with Crippen LogP contribution in [0.15, 0.2) is 24.3 Å². The average Bonchev–Trinajstić information content (AvgIpc) is 2.71. The van der Waals surface area contributed by atoms with Gasteiger partial charge in [0.25, 0.3) is 5.91 Å². The number of amides is 3. The third-order valence-electron chi connectivity index (χ3n) is 5.93. The normalized spacial score (nSPS) is 17.0. The summed E-state index contributed by atoms with van der Waals surface area (Å²) in [6, 6.07) is 6.78. The van der Waals surface area contributed by atoms with E-state index in [1.165, 1.54) is 0 Å². The molecule has 1 aromatic rings. The number of nitrogens with one attached hydrogen (secondary N) is 2. The molecule has 0 saturated carbocycles. The van der Waals surface area contributed by atoms with Crippen molar-refractivity contribution in [3.8, 4) is 0 Å². The monoisotopic (exact) mass is 429 g/mol. The minimum Gasteiger partial charge on any atom is -0.352 e. The molecular weight excluding hydrogens is 390 g/mol. The Bertz CT molecular complexity index is 759. The zero-order chi connectivity index (χ0) is 23.2. The highest BCUT2D eigenvalue weighted by Crippen LogP contribution is 2.25. The van der Waals surface area contributed by atoms with Crippen molar-refractivity contribution in [2.24, 2.45) is 11.3 Å². The molecule has 1 aromatic carbocycles. The van der Waals surface area contributed by atoms with Gasteiger partial charge < -0.3 is 15.5 Å². The second kappa shape index (κ2) is 10.8. The van der Waals surface area contributed by atoms with Crippen LogP contribution in [0, 0.1) is 18.3 Å². The Morgan fingerprint density at radius 2 is 1.65 bits per heavy atom. The molecule has 2 rings (SSSR count). The van der Waals surface area contributed by atoms with Gasteiger partial charge >= 0.3 is 0 Å². The van der Waals surface area contributed by atoms with E-state index in [9.17, 15) is 14.4 Å². The lowest BCUT2D eigenvalue weighted by molar-refractivity contribution is -0.134. The third-order valence-corrected chi connectivity index (χ3v) is 5.93. The van der Waals surface area contributed by atoms with Crippen molar-refractivity contribution in [2.75, 3.05) is 13.1 Å². The first-order valence-corrected chi connectivity index (χ1v) is 11.5. The maximum Gasteiger partial charge on any atom is 0.251 e. The summed E-state index contributed by atoms with van der Waals surface area (Å²) in [7, 11) is 0. The van der Waals surface area contributed by atoms with Gasteiger partial charge in [0.15, 0.2) is 0 Å². The van der Waals surface area contributed by atoms with Gasteiger partial charge in [-0.15, -0.1) is 0 Å². The molecule has 1 fully saturated rings. The molecule has 2 N–H and O–H groups in total. The van der Waals surface area contributed by atoms with Crippen molar-refractivity contribution >= 4 is 17.7 Å². The quantitative estimate of drug-likeness (QED) is 0.694. The van der Waals surface area contributed by atoms with E-state index in [0.29, 0.717) is 37.9 Å². The summed E-state index contributed by atoms with van der Waals surface area (Å²) in [5, 5.41) is 6.00. The molecule has 2 unspecified atom stereocenters. The highest BCUT2D eigenvalue weighted by Gasteiger charge is 2.34. The number of rotatable bonds is 7. The fourth-order valence-electron chi connectivity index (χ4n) is 3.81. The number of likely N-dealkylation sites (tertiary alicyclic amines) is 1. The van der Waals surface area contributed by atoms with E-state index in [0.717, 1.165) is 12.0 Å². The van der Waals surface area contributed by atoms with Crippen LogP contribution >= 0.6 is 0 Å². The lowest BCUT2D eigenvalue weighted by atomic mass is 9.87. The Morgan fingerprint density at radius 3 is 2.16 bits per heavy atom. The Hall–Kier alpha value is -2.37. The lowest BCUT2D eigenvalue weighted by Gasteiger charge is -2.37. The number of nitrogens with zero attached hydrogens (tertiary/aromatic N) is 1. The van der Waals surface area contributed by atoms with E-state index < -0.39 is 6.04 Å². The summed E-state index contributed by atoms with van der Waals surface area (Å²) in [6.45, 7) is 13.4. The molecule has 172 valence electrons. The van der Waals surface area contributed by atoms with Gasteiger partial charge in [-0.25, -0.2) is 0 Å². The van der Waals surface area contributed by atoms with Gasteiger partial charge in [0.1, 0.15) is 6.04 Å². The molecule has 6 heteroatoms.